The molecule has 0 aliphatic carbocycles. The van der Waals surface area contributed by atoms with Gasteiger partial charge in [0.25, 0.3) is 0 Å². The van der Waals surface area contributed by atoms with Crippen molar-refractivity contribution in [2.75, 3.05) is 0 Å². The monoisotopic (exact) mass is 193 g/mol. The summed E-state index contributed by atoms with van der Waals surface area (Å²) in [7, 11) is 0. The summed E-state index contributed by atoms with van der Waals surface area (Å²) in [5, 5.41) is 1.15. The third kappa shape index (κ3) is 1.46. The van der Waals surface area contributed by atoms with Gasteiger partial charge in [0, 0.05) is 11.6 Å². The largest absolute Gasteiger partial charge is 0.245 e. The number of hydrogen-bond acceptors (Lipinski definition) is 2. The van der Waals surface area contributed by atoms with Crippen molar-refractivity contribution in [3.8, 4) is 0 Å². The van der Waals surface area contributed by atoms with Gasteiger partial charge in [0.05, 0.1) is 2.74 Å². The van der Waals surface area contributed by atoms with Crippen LogP contribution in [0.3, 0.4) is 0 Å². The lowest BCUT2D eigenvalue weighted by Crippen LogP contribution is -2.11. The van der Waals surface area contributed by atoms with Gasteiger partial charge in [-0.05, 0) is 28.4 Å². The van der Waals surface area contributed by atoms with Gasteiger partial charge in [-0.3, -0.25) is 0 Å². The fourth-order valence-corrected chi connectivity index (χ4v) is 2.02. The number of pyridine rings is 1. The van der Waals surface area contributed by atoms with Crippen LogP contribution >= 0.6 is 11.3 Å². The van der Waals surface area contributed by atoms with Gasteiger partial charge < -0.3 is 0 Å². The molecule has 0 saturated heterocycles. The molecule has 0 aliphatic heterocycles. The van der Waals surface area contributed by atoms with E-state index in [1.54, 1.807) is 6.20 Å². The third-order valence-electron chi connectivity index (χ3n) is 2.05. The van der Waals surface area contributed by atoms with E-state index in [-0.39, 0.29) is 5.41 Å². The zero-order chi connectivity index (χ0) is 11.2. The van der Waals surface area contributed by atoms with Crippen LogP contribution in [-0.4, -0.2) is 4.98 Å². The number of thiophene rings is 1. The average Bonchev–Trinajstić information content (AvgIpc) is 2.41. The summed E-state index contributed by atoms with van der Waals surface area (Å²) < 4.78 is 15.5. The highest BCUT2D eigenvalue weighted by atomic mass is 32.1. The van der Waals surface area contributed by atoms with Crippen LogP contribution in [0.15, 0.2) is 23.7 Å². The zero-order valence-electron chi connectivity index (χ0n) is 10.0. The number of aromatic nitrogens is 1. The molecular formula is C11H13NS. The molecule has 68 valence electrons. The molecule has 0 amide bonds. The molecule has 0 fully saturated rings. The molecule has 0 aromatic carbocycles. The summed E-state index contributed by atoms with van der Waals surface area (Å²) in [5.74, 6) is 0. The minimum absolute atomic E-state index is 0.00942. The Morgan fingerprint density at radius 1 is 1.46 bits per heavy atom. The Morgan fingerprint density at radius 3 is 2.92 bits per heavy atom. The summed E-state index contributed by atoms with van der Waals surface area (Å²) in [6.45, 7) is 6.34. The second kappa shape index (κ2) is 2.81. The van der Waals surface area contributed by atoms with Crippen molar-refractivity contribution in [2.45, 2.75) is 26.2 Å². The minimum Gasteiger partial charge on any atom is -0.245 e. The first-order valence-corrected chi connectivity index (χ1v) is 5.08. The number of hydrogen-bond donors (Lipinski definition) is 0. The van der Waals surface area contributed by atoms with Gasteiger partial charge in [-0.15, -0.1) is 11.3 Å². The smallest absolute Gasteiger partial charge is 0.123 e. The number of nitrogens with zero attached hydrogens (tertiary/aromatic N) is 1. The Morgan fingerprint density at radius 2 is 2.23 bits per heavy atom. The molecular weight excluding hydrogens is 178 g/mol. The maximum Gasteiger partial charge on any atom is 0.123 e. The SMILES string of the molecule is [2H]c1sc2nccc(C(C)(C)C)c2c1[2H]. The van der Waals surface area contributed by atoms with Crippen molar-refractivity contribution in [2.24, 2.45) is 0 Å². The molecule has 0 spiro atoms. The summed E-state index contributed by atoms with van der Waals surface area (Å²) in [5.41, 5.74) is 1.09. The van der Waals surface area contributed by atoms with Crippen LogP contribution in [0.4, 0.5) is 0 Å². The molecule has 0 atom stereocenters. The highest BCUT2D eigenvalue weighted by Gasteiger charge is 2.16. The summed E-state index contributed by atoms with van der Waals surface area (Å²) in [4.78, 5) is 5.02. The molecule has 0 radical (unpaired) electrons. The van der Waals surface area contributed by atoms with Crippen molar-refractivity contribution in [1.82, 2.24) is 4.98 Å². The van der Waals surface area contributed by atoms with Crippen LogP contribution in [0.25, 0.3) is 10.2 Å². The second-order valence-electron chi connectivity index (χ2n) is 4.12. The van der Waals surface area contributed by atoms with Crippen molar-refractivity contribution in [3.05, 3.63) is 29.2 Å². The van der Waals surface area contributed by atoms with E-state index in [2.05, 4.69) is 25.8 Å². The normalized spacial score (nSPS) is 14.4. The molecule has 2 heterocycles. The van der Waals surface area contributed by atoms with Gasteiger partial charge in [-0.1, -0.05) is 20.8 Å². The van der Waals surface area contributed by atoms with Gasteiger partial charge in [-0.25, -0.2) is 4.98 Å². The van der Waals surface area contributed by atoms with Crippen LogP contribution in [0, 0.1) is 0 Å². The topological polar surface area (TPSA) is 12.9 Å². The molecule has 0 bridgehead atoms. The Balaban J connectivity index is 2.86. The summed E-state index contributed by atoms with van der Waals surface area (Å²) >= 11 is 1.28. The Hall–Kier alpha value is -0.890. The van der Waals surface area contributed by atoms with Crippen molar-refractivity contribution in [1.29, 1.82) is 0 Å². The molecule has 1 nitrogen and oxygen atoms in total. The van der Waals surface area contributed by atoms with E-state index in [1.807, 2.05) is 6.07 Å². The Labute approximate surface area is 85.2 Å². The standard InChI is InChI=1S/C11H13NS/c1-11(2,3)9-4-6-12-10-8(9)5-7-13-10/h4-7H,1-3H3/i5D,7D. The van der Waals surface area contributed by atoms with Gasteiger partial charge in [0.15, 0.2) is 0 Å². The molecule has 2 aromatic rings. The fraction of sp³-hybridized carbons (Fsp3) is 0.364. The lowest BCUT2D eigenvalue weighted by molar-refractivity contribution is 0.595. The maximum absolute atomic E-state index is 7.87. The van der Waals surface area contributed by atoms with Gasteiger partial charge in [0.2, 0.25) is 0 Å². The van der Waals surface area contributed by atoms with Gasteiger partial charge in [0.1, 0.15) is 4.83 Å². The Bertz CT molecular complexity index is 511. The molecule has 0 aliphatic rings. The van der Waals surface area contributed by atoms with Crippen LogP contribution < -0.4 is 0 Å². The molecule has 0 N–H and O–H groups in total. The van der Waals surface area contributed by atoms with Crippen LogP contribution in [0.1, 0.15) is 29.1 Å². The lowest BCUT2D eigenvalue weighted by atomic mass is 9.86. The molecule has 2 rings (SSSR count). The summed E-state index contributed by atoms with van der Waals surface area (Å²) in [6, 6.07) is 2.26. The van der Waals surface area contributed by atoms with E-state index in [4.69, 9.17) is 2.74 Å². The predicted molar refractivity (Wildman–Crippen MR) is 58.3 cm³/mol. The first-order valence-electron chi connectivity index (χ1n) is 5.26. The van der Waals surface area contributed by atoms with E-state index >= 15 is 0 Å². The van der Waals surface area contributed by atoms with Crippen LogP contribution in [0.2, 0.25) is 0 Å². The van der Waals surface area contributed by atoms with E-state index in [1.165, 1.54) is 11.3 Å². The number of fused-ring (bicyclic) bond motifs is 1. The van der Waals surface area contributed by atoms with E-state index in [0.29, 0.717) is 11.4 Å². The maximum atomic E-state index is 7.87. The van der Waals surface area contributed by atoms with E-state index in [0.717, 1.165) is 15.8 Å². The van der Waals surface area contributed by atoms with Gasteiger partial charge >= 0.3 is 0 Å². The van der Waals surface area contributed by atoms with Gasteiger partial charge in [-0.2, -0.15) is 0 Å². The lowest BCUT2D eigenvalue weighted by Gasteiger charge is -2.19. The molecule has 0 unspecified atom stereocenters. The molecule has 2 heteroatoms. The highest BCUT2D eigenvalue weighted by Crippen LogP contribution is 2.30. The summed E-state index contributed by atoms with van der Waals surface area (Å²) in [6.07, 6.45) is 1.76. The highest BCUT2D eigenvalue weighted by molar-refractivity contribution is 7.16. The van der Waals surface area contributed by atoms with Crippen LogP contribution in [0.5, 0.6) is 0 Å². The fourth-order valence-electron chi connectivity index (χ4n) is 1.39. The Kier molecular flexibility index (Phi) is 1.41. The molecule has 2 aromatic heterocycles. The van der Waals surface area contributed by atoms with Crippen molar-refractivity contribution >= 4 is 21.6 Å². The third-order valence-corrected chi connectivity index (χ3v) is 2.75. The second-order valence-corrected chi connectivity index (χ2v) is 4.91. The van der Waals surface area contributed by atoms with E-state index in [9.17, 15) is 0 Å². The van der Waals surface area contributed by atoms with Crippen LogP contribution in [-0.2, 0) is 5.41 Å². The van der Waals surface area contributed by atoms with Crippen molar-refractivity contribution in [3.63, 3.8) is 0 Å². The zero-order valence-corrected chi connectivity index (χ0v) is 8.83. The molecule has 13 heavy (non-hydrogen) atoms. The van der Waals surface area contributed by atoms with E-state index < -0.39 is 0 Å². The molecule has 0 saturated carbocycles. The first-order chi connectivity index (χ1) is 6.91. The predicted octanol–water partition coefficient (Wildman–Crippen LogP) is 3.59. The average molecular weight is 193 g/mol. The quantitative estimate of drug-likeness (QED) is 0.623. The minimum atomic E-state index is -0.00942. The first kappa shape index (κ1) is 6.55. The number of rotatable bonds is 0. The van der Waals surface area contributed by atoms with Crippen molar-refractivity contribution < 1.29 is 2.74 Å².